The number of rotatable bonds is 5. The molecule has 0 atom stereocenters. The standard InChI is InChI=1S/C20H17ClN2O4S/c1-26-14-9-7-12(11-15(14)27-2)8-10-17(24)22-23-20(25)19-18(21)13-5-3-4-6-16(13)28-19/h3-11H,1-2H3,(H,22,24)(H,23,25). The second kappa shape index (κ2) is 8.77. The Hall–Kier alpha value is -3.03. The molecule has 0 bridgehead atoms. The van der Waals surface area contributed by atoms with Crippen LogP contribution < -0.4 is 20.3 Å². The Labute approximate surface area is 170 Å². The number of amides is 2. The van der Waals surface area contributed by atoms with Gasteiger partial charge in [-0.25, -0.2) is 0 Å². The van der Waals surface area contributed by atoms with Gasteiger partial charge in [0, 0.05) is 16.2 Å². The van der Waals surface area contributed by atoms with E-state index in [1.165, 1.54) is 24.5 Å². The second-order valence-electron chi connectivity index (χ2n) is 5.63. The van der Waals surface area contributed by atoms with Crippen molar-refractivity contribution in [3.05, 3.63) is 64.0 Å². The van der Waals surface area contributed by atoms with Gasteiger partial charge >= 0.3 is 0 Å². The molecule has 0 saturated carbocycles. The summed E-state index contributed by atoms with van der Waals surface area (Å²) >= 11 is 7.52. The predicted octanol–water partition coefficient (Wildman–Crippen LogP) is 4.05. The number of fused-ring (bicyclic) bond motifs is 1. The Morgan fingerprint density at radius 3 is 2.50 bits per heavy atom. The van der Waals surface area contributed by atoms with Gasteiger partial charge in [0.25, 0.3) is 11.8 Å². The van der Waals surface area contributed by atoms with Crippen LogP contribution in [0.3, 0.4) is 0 Å². The van der Waals surface area contributed by atoms with Crippen molar-refractivity contribution in [3.63, 3.8) is 0 Å². The van der Waals surface area contributed by atoms with Crippen molar-refractivity contribution >= 4 is 50.9 Å². The topological polar surface area (TPSA) is 76.7 Å². The lowest BCUT2D eigenvalue weighted by molar-refractivity contribution is -0.117. The molecule has 1 aromatic heterocycles. The van der Waals surface area contributed by atoms with Crippen molar-refractivity contribution in [1.29, 1.82) is 0 Å². The molecule has 3 rings (SSSR count). The van der Waals surface area contributed by atoms with E-state index in [4.69, 9.17) is 21.1 Å². The average Bonchev–Trinajstić information content (AvgIpc) is 3.07. The smallest absolute Gasteiger partial charge is 0.281 e. The van der Waals surface area contributed by atoms with Crippen molar-refractivity contribution in [2.45, 2.75) is 0 Å². The number of thiophene rings is 1. The lowest BCUT2D eigenvalue weighted by atomic mass is 10.2. The van der Waals surface area contributed by atoms with E-state index in [1.807, 2.05) is 24.3 Å². The summed E-state index contributed by atoms with van der Waals surface area (Å²) in [6.45, 7) is 0. The zero-order valence-electron chi connectivity index (χ0n) is 15.1. The predicted molar refractivity (Wildman–Crippen MR) is 111 cm³/mol. The van der Waals surface area contributed by atoms with Gasteiger partial charge in [-0.1, -0.05) is 35.9 Å². The van der Waals surface area contributed by atoms with Crippen molar-refractivity contribution in [2.75, 3.05) is 14.2 Å². The minimum atomic E-state index is -0.486. The van der Waals surface area contributed by atoms with Crippen molar-refractivity contribution in [1.82, 2.24) is 10.9 Å². The number of halogens is 1. The molecule has 0 fully saturated rings. The van der Waals surface area contributed by atoms with Crippen LogP contribution in [0.2, 0.25) is 5.02 Å². The van der Waals surface area contributed by atoms with Crippen LogP contribution in [0.25, 0.3) is 16.2 Å². The highest BCUT2D eigenvalue weighted by molar-refractivity contribution is 7.21. The maximum absolute atomic E-state index is 12.3. The largest absolute Gasteiger partial charge is 0.493 e. The van der Waals surface area contributed by atoms with Crippen LogP contribution in [-0.2, 0) is 4.79 Å². The fourth-order valence-electron chi connectivity index (χ4n) is 2.51. The van der Waals surface area contributed by atoms with Gasteiger partial charge in [0.1, 0.15) is 4.88 Å². The number of hydrogen-bond acceptors (Lipinski definition) is 5. The Balaban J connectivity index is 1.62. The van der Waals surface area contributed by atoms with Crippen LogP contribution >= 0.6 is 22.9 Å². The van der Waals surface area contributed by atoms with Gasteiger partial charge in [0.15, 0.2) is 11.5 Å². The number of carbonyl (C=O) groups is 2. The molecule has 144 valence electrons. The molecule has 28 heavy (non-hydrogen) atoms. The first kappa shape index (κ1) is 19.7. The van der Waals surface area contributed by atoms with Crippen LogP contribution in [0.1, 0.15) is 15.2 Å². The summed E-state index contributed by atoms with van der Waals surface area (Å²) in [5.41, 5.74) is 5.45. The first-order chi connectivity index (χ1) is 13.5. The molecule has 0 unspecified atom stereocenters. The molecule has 0 aliphatic heterocycles. The minimum Gasteiger partial charge on any atom is -0.493 e. The Kier molecular flexibility index (Phi) is 6.18. The monoisotopic (exact) mass is 416 g/mol. The van der Waals surface area contributed by atoms with E-state index in [1.54, 1.807) is 31.4 Å². The number of ether oxygens (including phenoxy) is 2. The zero-order valence-corrected chi connectivity index (χ0v) is 16.7. The third-order valence-electron chi connectivity index (χ3n) is 3.88. The fourth-order valence-corrected chi connectivity index (χ4v) is 3.92. The third-order valence-corrected chi connectivity index (χ3v) is 5.55. The van der Waals surface area contributed by atoms with Gasteiger partial charge < -0.3 is 9.47 Å². The van der Waals surface area contributed by atoms with E-state index in [2.05, 4.69) is 10.9 Å². The molecule has 1 heterocycles. The Morgan fingerprint density at radius 2 is 1.79 bits per heavy atom. The Bertz CT molecular complexity index is 1060. The number of hydrogen-bond donors (Lipinski definition) is 2. The molecule has 2 amide bonds. The molecule has 0 aliphatic carbocycles. The Morgan fingerprint density at radius 1 is 1.04 bits per heavy atom. The SMILES string of the molecule is COc1ccc(C=CC(=O)NNC(=O)c2sc3ccccc3c2Cl)cc1OC. The molecule has 0 radical (unpaired) electrons. The van der Waals surface area contributed by atoms with E-state index in [0.717, 1.165) is 15.6 Å². The maximum Gasteiger partial charge on any atom is 0.281 e. The molecule has 0 aliphatic rings. The summed E-state index contributed by atoms with van der Waals surface area (Å²) in [6.07, 6.45) is 2.89. The van der Waals surface area contributed by atoms with Gasteiger partial charge in [-0.3, -0.25) is 20.4 Å². The first-order valence-corrected chi connectivity index (χ1v) is 9.40. The zero-order chi connectivity index (χ0) is 20.1. The molecular formula is C20H17ClN2O4S. The normalized spacial score (nSPS) is 10.8. The van der Waals surface area contributed by atoms with E-state index in [9.17, 15) is 9.59 Å². The molecule has 2 N–H and O–H groups in total. The van der Waals surface area contributed by atoms with Crippen molar-refractivity contribution in [2.24, 2.45) is 0 Å². The number of benzene rings is 2. The van der Waals surface area contributed by atoms with Gasteiger partial charge in [0.2, 0.25) is 0 Å². The number of methoxy groups -OCH3 is 2. The van der Waals surface area contributed by atoms with E-state index in [0.29, 0.717) is 21.4 Å². The summed E-state index contributed by atoms with van der Waals surface area (Å²) in [5, 5.41) is 1.17. The molecule has 8 heteroatoms. The van der Waals surface area contributed by atoms with Crippen LogP contribution in [-0.4, -0.2) is 26.0 Å². The van der Waals surface area contributed by atoms with Crippen molar-refractivity contribution in [3.8, 4) is 11.5 Å². The van der Waals surface area contributed by atoms with Gasteiger partial charge in [0.05, 0.1) is 19.2 Å². The molecule has 0 spiro atoms. The quantitative estimate of drug-likeness (QED) is 0.486. The maximum atomic E-state index is 12.3. The number of hydrazine groups is 1. The molecule has 0 saturated heterocycles. The van der Waals surface area contributed by atoms with Crippen LogP contribution in [0.5, 0.6) is 11.5 Å². The summed E-state index contributed by atoms with van der Waals surface area (Å²) in [6, 6.07) is 12.7. The number of nitrogens with one attached hydrogen (secondary N) is 2. The van der Waals surface area contributed by atoms with Crippen LogP contribution in [0, 0.1) is 0 Å². The molecule has 2 aromatic carbocycles. The molecule has 3 aromatic rings. The lowest BCUT2D eigenvalue weighted by Crippen LogP contribution is -2.40. The summed E-state index contributed by atoms with van der Waals surface area (Å²) < 4.78 is 11.3. The van der Waals surface area contributed by atoms with Gasteiger partial charge in [-0.05, 0) is 29.8 Å². The lowest BCUT2D eigenvalue weighted by Gasteiger charge is -2.07. The highest BCUT2D eigenvalue weighted by atomic mass is 35.5. The van der Waals surface area contributed by atoms with E-state index < -0.39 is 11.8 Å². The van der Waals surface area contributed by atoms with Gasteiger partial charge in [-0.2, -0.15) is 0 Å². The minimum absolute atomic E-state index is 0.340. The summed E-state index contributed by atoms with van der Waals surface area (Å²) in [5.74, 6) is 0.189. The van der Waals surface area contributed by atoms with E-state index >= 15 is 0 Å². The van der Waals surface area contributed by atoms with Crippen molar-refractivity contribution < 1.29 is 19.1 Å². The van der Waals surface area contributed by atoms with Gasteiger partial charge in [-0.15, -0.1) is 11.3 Å². The van der Waals surface area contributed by atoms with Crippen LogP contribution in [0.4, 0.5) is 0 Å². The molecule has 6 nitrogen and oxygen atoms in total. The number of carbonyl (C=O) groups excluding carboxylic acids is 2. The fraction of sp³-hybridized carbons (Fsp3) is 0.100. The van der Waals surface area contributed by atoms with E-state index in [-0.39, 0.29) is 0 Å². The summed E-state index contributed by atoms with van der Waals surface area (Å²) in [7, 11) is 3.08. The second-order valence-corrected chi connectivity index (χ2v) is 7.06. The third kappa shape index (κ3) is 4.27. The average molecular weight is 417 g/mol. The highest BCUT2D eigenvalue weighted by Crippen LogP contribution is 2.34. The first-order valence-electron chi connectivity index (χ1n) is 8.21. The van der Waals surface area contributed by atoms with Crippen LogP contribution in [0.15, 0.2) is 48.5 Å². The highest BCUT2D eigenvalue weighted by Gasteiger charge is 2.17. The molecular weight excluding hydrogens is 400 g/mol. The summed E-state index contributed by atoms with van der Waals surface area (Å²) in [4.78, 5) is 24.6.